The van der Waals surface area contributed by atoms with Crippen molar-refractivity contribution >= 4 is 29.2 Å². The number of amides is 1. The third-order valence-corrected chi connectivity index (χ3v) is 4.85. The van der Waals surface area contributed by atoms with Crippen LogP contribution in [0.1, 0.15) is 19.2 Å². The second-order valence-corrected chi connectivity index (χ2v) is 7.31. The number of carbonyl (C=O) groups is 2. The van der Waals surface area contributed by atoms with Gasteiger partial charge in [-0.05, 0) is 23.9 Å². The molecule has 0 atom stereocenters. The number of anilines is 1. The van der Waals surface area contributed by atoms with Gasteiger partial charge in [0.2, 0.25) is 11.8 Å². The van der Waals surface area contributed by atoms with Crippen molar-refractivity contribution in [1.82, 2.24) is 25.1 Å². The lowest BCUT2D eigenvalue weighted by Crippen LogP contribution is -2.36. The molecule has 0 saturated heterocycles. The molecule has 0 aliphatic rings. The molecule has 0 spiro atoms. The van der Waals surface area contributed by atoms with Gasteiger partial charge in [0.15, 0.2) is 6.61 Å². The molecule has 0 aliphatic carbocycles. The number of nitrogens with zero attached hydrogens (tertiary/aromatic N) is 6. The third kappa shape index (κ3) is 5.83. The number of carbonyl (C=O) groups excluding carboxylic acids is 2. The van der Waals surface area contributed by atoms with Gasteiger partial charge < -0.3 is 19.0 Å². The van der Waals surface area contributed by atoms with E-state index in [-0.39, 0.29) is 25.6 Å². The van der Waals surface area contributed by atoms with Crippen LogP contribution in [0, 0.1) is 0 Å². The maximum absolute atomic E-state index is 12.6. The van der Waals surface area contributed by atoms with E-state index < -0.39 is 5.97 Å². The van der Waals surface area contributed by atoms with E-state index in [1.54, 1.807) is 30.4 Å². The summed E-state index contributed by atoms with van der Waals surface area (Å²) in [5.74, 6) is 0.257. The molecule has 158 valence electrons. The standard InChI is InChI=1S/C19H22N6O4S/c1-3-9-25(11-15-22-23-18(29-15)14-6-4-10-30-14)16(26)13-28-17(27)12-24(2)19-20-7-5-8-21-19/h4-8,10H,3,9,11-13H2,1-2H3. The molecule has 1 amide bonds. The van der Waals surface area contributed by atoms with Crippen molar-refractivity contribution in [2.24, 2.45) is 0 Å². The molecule has 0 radical (unpaired) electrons. The van der Waals surface area contributed by atoms with Gasteiger partial charge >= 0.3 is 5.97 Å². The molecule has 11 heteroatoms. The highest BCUT2D eigenvalue weighted by Crippen LogP contribution is 2.23. The van der Waals surface area contributed by atoms with E-state index in [9.17, 15) is 9.59 Å². The summed E-state index contributed by atoms with van der Waals surface area (Å²) < 4.78 is 10.8. The second-order valence-electron chi connectivity index (χ2n) is 6.36. The minimum atomic E-state index is -0.549. The fourth-order valence-corrected chi connectivity index (χ4v) is 3.22. The van der Waals surface area contributed by atoms with Gasteiger partial charge in [-0.1, -0.05) is 13.0 Å². The summed E-state index contributed by atoms with van der Waals surface area (Å²) in [6, 6.07) is 5.46. The van der Waals surface area contributed by atoms with Crippen molar-refractivity contribution < 1.29 is 18.7 Å². The first-order chi connectivity index (χ1) is 14.6. The fourth-order valence-electron chi connectivity index (χ4n) is 2.57. The molecule has 0 N–H and O–H groups in total. The van der Waals surface area contributed by atoms with Crippen molar-refractivity contribution in [3.63, 3.8) is 0 Å². The number of rotatable bonds is 10. The number of thiophene rings is 1. The van der Waals surface area contributed by atoms with Gasteiger partial charge in [-0.15, -0.1) is 21.5 Å². The van der Waals surface area contributed by atoms with Crippen LogP contribution in [0.2, 0.25) is 0 Å². The first-order valence-electron chi connectivity index (χ1n) is 9.34. The van der Waals surface area contributed by atoms with Crippen LogP contribution >= 0.6 is 11.3 Å². The van der Waals surface area contributed by atoms with Gasteiger partial charge in [0.05, 0.1) is 11.4 Å². The summed E-state index contributed by atoms with van der Waals surface area (Å²) in [7, 11) is 1.67. The Morgan fingerprint density at radius 3 is 2.70 bits per heavy atom. The van der Waals surface area contributed by atoms with Crippen LogP contribution in [0.4, 0.5) is 5.95 Å². The minimum absolute atomic E-state index is 0.0705. The van der Waals surface area contributed by atoms with Gasteiger partial charge in [-0.2, -0.15) is 0 Å². The highest BCUT2D eigenvalue weighted by Gasteiger charge is 2.20. The number of ether oxygens (including phenoxy) is 1. The maximum Gasteiger partial charge on any atom is 0.326 e. The maximum atomic E-state index is 12.6. The van der Waals surface area contributed by atoms with Crippen molar-refractivity contribution in [1.29, 1.82) is 0 Å². The van der Waals surface area contributed by atoms with Gasteiger partial charge in [0, 0.05) is 26.0 Å². The summed E-state index contributed by atoms with van der Waals surface area (Å²) in [4.78, 5) is 36.7. The Kier molecular flexibility index (Phi) is 7.44. The van der Waals surface area contributed by atoms with Crippen LogP contribution in [0.5, 0.6) is 0 Å². The molecule has 30 heavy (non-hydrogen) atoms. The number of likely N-dealkylation sites (N-methyl/N-ethyl adjacent to an activating group) is 1. The number of esters is 1. The van der Waals surface area contributed by atoms with E-state index >= 15 is 0 Å². The summed E-state index contributed by atoms with van der Waals surface area (Å²) in [6.45, 7) is 2.14. The highest BCUT2D eigenvalue weighted by molar-refractivity contribution is 7.13. The molecule has 3 aromatic rings. The van der Waals surface area contributed by atoms with E-state index in [1.165, 1.54) is 16.2 Å². The highest BCUT2D eigenvalue weighted by atomic mass is 32.1. The van der Waals surface area contributed by atoms with Crippen molar-refractivity contribution in [3.05, 3.63) is 41.9 Å². The van der Waals surface area contributed by atoms with Crippen LogP contribution in [-0.2, 0) is 20.9 Å². The predicted octanol–water partition coefficient (Wildman–Crippen LogP) is 2.01. The van der Waals surface area contributed by atoms with Crippen LogP contribution in [0.15, 0.2) is 40.4 Å². The van der Waals surface area contributed by atoms with Gasteiger partial charge in [0.25, 0.3) is 11.8 Å². The second kappa shape index (κ2) is 10.4. The summed E-state index contributed by atoms with van der Waals surface area (Å²) in [5, 5.41) is 9.95. The molecule has 0 saturated carbocycles. The molecule has 0 aromatic carbocycles. The Morgan fingerprint density at radius 2 is 2.00 bits per heavy atom. The van der Waals surface area contributed by atoms with Crippen LogP contribution in [0.3, 0.4) is 0 Å². The average Bonchev–Trinajstić information content (AvgIpc) is 3.44. The van der Waals surface area contributed by atoms with Crippen molar-refractivity contribution in [2.45, 2.75) is 19.9 Å². The first kappa shape index (κ1) is 21.4. The van der Waals surface area contributed by atoms with Crippen molar-refractivity contribution in [3.8, 4) is 10.8 Å². The molecule has 0 unspecified atom stereocenters. The molecular formula is C19H22N6O4S. The molecular weight excluding hydrogens is 408 g/mol. The number of hydrogen-bond donors (Lipinski definition) is 0. The minimum Gasteiger partial charge on any atom is -0.454 e. The van der Waals surface area contributed by atoms with Gasteiger partial charge in [0.1, 0.15) is 6.54 Å². The van der Waals surface area contributed by atoms with E-state index in [0.29, 0.717) is 24.3 Å². The Labute approximate surface area is 177 Å². The number of hydrogen-bond acceptors (Lipinski definition) is 10. The summed E-state index contributed by atoms with van der Waals surface area (Å²) in [5.41, 5.74) is 0. The largest absolute Gasteiger partial charge is 0.454 e. The SMILES string of the molecule is CCCN(Cc1nnc(-c2cccs2)o1)C(=O)COC(=O)CN(C)c1ncccn1. The zero-order valence-electron chi connectivity index (χ0n) is 16.7. The van der Waals surface area contributed by atoms with Gasteiger partial charge in [-0.25, -0.2) is 9.97 Å². The lowest BCUT2D eigenvalue weighted by atomic mass is 10.4. The summed E-state index contributed by atoms with van der Waals surface area (Å²) in [6.07, 6.45) is 3.90. The molecule has 0 aliphatic heterocycles. The zero-order valence-corrected chi connectivity index (χ0v) is 17.5. The van der Waals surface area contributed by atoms with E-state index in [2.05, 4.69) is 20.2 Å². The molecule has 0 fully saturated rings. The van der Waals surface area contributed by atoms with Crippen LogP contribution < -0.4 is 4.90 Å². The topological polar surface area (TPSA) is 115 Å². The molecule has 0 bridgehead atoms. The Hall–Kier alpha value is -3.34. The van der Waals surface area contributed by atoms with E-state index in [0.717, 1.165) is 11.3 Å². The predicted molar refractivity (Wildman–Crippen MR) is 110 cm³/mol. The van der Waals surface area contributed by atoms with E-state index in [4.69, 9.17) is 9.15 Å². The quantitative estimate of drug-likeness (QED) is 0.445. The van der Waals surface area contributed by atoms with Gasteiger partial charge in [-0.3, -0.25) is 9.59 Å². The van der Waals surface area contributed by atoms with E-state index in [1.807, 2.05) is 24.4 Å². The first-order valence-corrected chi connectivity index (χ1v) is 10.2. The Balaban J connectivity index is 1.52. The molecule has 10 nitrogen and oxygen atoms in total. The monoisotopic (exact) mass is 430 g/mol. The lowest BCUT2D eigenvalue weighted by molar-refractivity contribution is -0.151. The lowest BCUT2D eigenvalue weighted by Gasteiger charge is -2.20. The summed E-state index contributed by atoms with van der Waals surface area (Å²) >= 11 is 1.49. The molecule has 3 rings (SSSR count). The average molecular weight is 430 g/mol. The Bertz CT molecular complexity index is 947. The number of aromatic nitrogens is 4. The zero-order chi connectivity index (χ0) is 21.3. The molecule has 3 heterocycles. The third-order valence-electron chi connectivity index (χ3n) is 3.99. The smallest absolute Gasteiger partial charge is 0.326 e. The fraction of sp³-hybridized carbons (Fsp3) is 0.368. The Morgan fingerprint density at radius 1 is 1.20 bits per heavy atom. The normalized spacial score (nSPS) is 10.6. The van der Waals surface area contributed by atoms with Crippen LogP contribution in [0.25, 0.3) is 10.8 Å². The van der Waals surface area contributed by atoms with Crippen LogP contribution in [-0.4, -0.2) is 63.7 Å². The van der Waals surface area contributed by atoms with Crippen molar-refractivity contribution in [2.75, 3.05) is 31.6 Å². The molecule has 3 aromatic heterocycles.